The van der Waals surface area contributed by atoms with Crippen LogP contribution in [-0.4, -0.2) is 33.6 Å². The molecule has 3 aromatic heterocycles. The summed E-state index contributed by atoms with van der Waals surface area (Å²) in [5.41, 5.74) is 6.77. The summed E-state index contributed by atoms with van der Waals surface area (Å²) < 4.78 is 7.92. The molecular weight excluding hydrogens is 442 g/mol. The second-order valence-corrected chi connectivity index (χ2v) is 9.74. The number of nitrogens with two attached hydrogens (primary N) is 1. The summed E-state index contributed by atoms with van der Waals surface area (Å²) in [6.07, 6.45) is 0.958. The highest BCUT2D eigenvalue weighted by Crippen LogP contribution is 2.37. The highest BCUT2D eigenvalue weighted by Gasteiger charge is 2.35. The lowest BCUT2D eigenvalue weighted by Crippen LogP contribution is -2.46. The number of amides is 1. The number of hydrogen-bond acceptors (Lipinski definition) is 7. The number of likely N-dealkylation sites (tertiary alicyclic amines) is 1. The minimum Gasteiger partial charge on any atom is -0.502 e. The van der Waals surface area contributed by atoms with E-state index in [0.29, 0.717) is 24.8 Å². The Labute approximate surface area is 193 Å². The summed E-state index contributed by atoms with van der Waals surface area (Å²) >= 11 is 1.45. The number of aromatic hydroxyl groups is 1. The second kappa shape index (κ2) is 8.64. The van der Waals surface area contributed by atoms with E-state index in [0.717, 1.165) is 30.8 Å². The third-order valence-corrected chi connectivity index (χ3v) is 7.30. The number of carbonyl (C=O) groups excluding carboxylic acids is 1. The summed E-state index contributed by atoms with van der Waals surface area (Å²) in [5.74, 6) is -0.569. The van der Waals surface area contributed by atoms with Crippen molar-refractivity contribution >= 4 is 17.2 Å². The molecule has 0 spiro atoms. The van der Waals surface area contributed by atoms with Gasteiger partial charge in [-0.1, -0.05) is 6.07 Å². The molecule has 2 aliphatic heterocycles. The minimum atomic E-state index is -0.624. The van der Waals surface area contributed by atoms with Crippen LogP contribution in [0.25, 0.3) is 0 Å². The molecule has 3 N–H and O–H groups in total. The number of aromatic nitrogens is 1. The van der Waals surface area contributed by atoms with E-state index in [2.05, 4.69) is 4.90 Å². The standard InChI is InChI=1S/C24H25N3O5S/c25-21(29)8-18(15-4-5-33-13-15)24-23(31)20(28)7-17(32-24)12-26-9-14-6-16(11-26)19-2-1-3-22(30)27(19)10-14/h1-5,7,13-14,16,18,31H,6,8-12H2,(H2,25,29)/t14-,16+,18-/m1/s1. The fourth-order valence-electron chi connectivity index (χ4n) is 5.25. The highest BCUT2D eigenvalue weighted by molar-refractivity contribution is 7.08. The van der Waals surface area contributed by atoms with Gasteiger partial charge >= 0.3 is 0 Å². The molecule has 5 heterocycles. The van der Waals surface area contributed by atoms with Gasteiger partial charge in [-0.25, -0.2) is 0 Å². The van der Waals surface area contributed by atoms with Crippen molar-refractivity contribution in [2.24, 2.45) is 11.7 Å². The average molecular weight is 468 g/mol. The van der Waals surface area contributed by atoms with Crippen molar-refractivity contribution in [2.45, 2.75) is 37.8 Å². The van der Waals surface area contributed by atoms with Gasteiger partial charge in [0.05, 0.1) is 12.5 Å². The maximum Gasteiger partial charge on any atom is 0.250 e. The number of primary amides is 1. The topological polar surface area (TPSA) is 119 Å². The molecule has 8 nitrogen and oxygen atoms in total. The summed E-state index contributed by atoms with van der Waals surface area (Å²) in [5, 5.41) is 14.2. The molecule has 9 heteroatoms. The molecule has 0 aliphatic carbocycles. The van der Waals surface area contributed by atoms with Crippen LogP contribution in [-0.2, 0) is 17.9 Å². The van der Waals surface area contributed by atoms with E-state index in [1.165, 1.54) is 17.4 Å². The molecule has 1 amide bonds. The lowest BCUT2D eigenvalue weighted by atomic mass is 9.83. The Balaban J connectivity index is 1.43. The first-order chi connectivity index (χ1) is 15.9. The predicted molar refractivity (Wildman–Crippen MR) is 123 cm³/mol. The molecule has 172 valence electrons. The van der Waals surface area contributed by atoms with Gasteiger partial charge in [-0.15, -0.1) is 0 Å². The lowest BCUT2D eigenvalue weighted by molar-refractivity contribution is -0.118. The Morgan fingerprint density at radius 1 is 1.24 bits per heavy atom. The van der Waals surface area contributed by atoms with Crippen LogP contribution in [0, 0.1) is 5.92 Å². The Morgan fingerprint density at radius 2 is 2.09 bits per heavy atom. The number of fused-ring (bicyclic) bond motifs is 4. The number of nitrogens with zero attached hydrogens (tertiary/aromatic N) is 2. The van der Waals surface area contributed by atoms with Gasteiger partial charge in [-0.05, 0) is 40.8 Å². The summed E-state index contributed by atoms with van der Waals surface area (Å²) in [6, 6.07) is 8.57. The molecule has 0 radical (unpaired) electrons. The number of hydrogen-bond donors (Lipinski definition) is 2. The van der Waals surface area contributed by atoms with Crippen molar-refractivity contribution < 1.29 is 14.3 Å². The van der Waals surface area contributed by atoms with Gasteiger partial charge in [-0.2, -0.15) is 11.3 Å². The van der Waals surface area contributed by atoms with Crippen LogP contribution in [0.2, 0.25) is 0 Å². The van der Waals surface area contributed by atoms with Crippen LogP contribution in [0.15, 0.2) is 55.1 Å². The fourth-order valence-corrected chi connectivity index (χ4v) is 5.96. The zero-order valence-corrected chi connectivity index (χ0v) is 18.8. The van der Waals surface area contributed by atoms with E-state index in [-0.39, 0.29) is 23.7 Å². The van der Waals surface area contributed by atoms with Crippen molar-refractivity contribution in [3.63, 3.8) is 0 Å². The molecule has 2 bridgehead atoms. The average Bonchev–Trinajstić information content (AvgIpc) is 3.30. The number of thiophene rings is 1. The fraction of sp³-hybridized carbons (Fsp3) is 0.375. The first-order valence-electron chi connectivity index (χ1n) is 11.0. The maximum absolute atomic E-state index is 12.6. The molecule has 3 aromatic rings. The Morgan fingerprint density at radius 3 is 2.85 bits per heavy atom. The van der Waals surface area contributed by atoms with E-state index >= 15 is 0 Å². The molecule has 0 unspecified atom stereocenters. The molecule has 5 rings (SSSR count). The van der Waals surface area contributed by atoms with Crippen molar-refractivity contribution in [2.75, 3.05) is 13.1 Å². The van der Waals surface area contributed by atoms with E-state index < -0.39 is 23.0 Å². The van der Waals surface area contributed by atoms with E-state index in [1.807, 2.05) is 33.5 Å². The normalized spacial score (nSPS) is 20.8. The van der Waals surface area contributed by atoms with E-state index in [9.17, 15) is 19.5 Å². The predicted octanol–water partition coefficient (Wildman–Crippen LogP) is 2.20. The summed E-state index contributed by atoms with van der Waals surface area (Å²) in [6.45, 7) is 2.62. The zero-order valence-electron chi connectivity index (χ0n) is 18.0. The third-order valence-electron chi connectivity index (χ3n) is 6.60. The molecule has 1 saturated heterocycles. The summed E-state index contributed by atoms with van der Waals surface area (Å²) in [4.78, 5) is 38.8. The number of piperidine rings is 1. The van der Waals surface area contributed by atoms with Crippen molar-refractivity contribution in [3.8, 4) is 5.75 Å². The third kappa shape index (κ3) is 4.26. The molecular formula is C24H25N3O5S. The summed E-state index contributed by atoms with van der Waals surface area (Å²) in [7, 11) is 0. The second-order valence-electron chi connectivity index (χ2n) is 8.96. The molecule has 2 aliphatic rings. The monoisotopic (exact) mass is 467 g/mol. The van der Waals surface area contributed by atoms with E-state index in [4.69, 9.17) is 10.2 Å². The molecule has 0 saturated carbocycles. The van der Waals surface area contributed by atoms with Crippen LogP contribution in [0.4, 0.5) is 0 Å². The van der Waals surface area contributed by atoms with Gasteiger partial charge < -0.3 is 19.8 Å². The molecule has 0 aromatic carbocycles. The SMILES string of the molecule is NC(=O)C[C@H](c1ccsc1)c1oc(CN2C[C@H]3C[C@@H](C2)c2cccc(=O)n2C3)cc(=O)c1O. The Kier molecular flexibility index (Phi) is 5.67. The van der Waals surface area contributed by atoms with Crippen LogP contribution >= 0.6 is 11.3 Å². The lowest BCUT2D eigenvalue weighted by Gasteiger charge is -2.42. The van der Waals surface area contributed by atoms with Gasteiger partial charge in [0.15, 0.2) is 5.76 Å². The van der Waals surface area contributed by atoms with Gasteiger partial charge in [0.2, 0.25) is 17.1 Å². The minimum absolute atomic E-state index is 0.0405. The van der Waals surface area contributed by atoms with Crippen molar-refractivity contribution in [1.82, 2.24) is 9.47 Å². The first-order valence-corrected chi connectivity index (χ1v) is 11.9. The van der Waals surface area contributed by atoms with Crippen LogP contribution in [0.1, 0.15) is 47.5 Å². The quantitative estimate of drug-likeness (QED) is 0.574. The van der Waals surface area contributed by atoms with Crippen LogP contribution in [0.3, 0.4) is 0 Å². The van der Waals surface area contributed by atoms with Gasteiger partial charge in [0, 0.05) is 49.8 Å². The first kappa shape index (κ1) is 21.7. The van der Waals surface area contributed by atoms with Gasteiger partial charge in [-0.3, -0.25) is 19.3 Å². The van der Waals surface area contributed by atoms with E-state index in [1.54, 1.807) is 6.07 Å². The molecule has 1 fully saturated rings. The maximum atomic E-state index is 12.6. The van der Waals surface area contributed by atoms with Crippen molar-refractivity contribution in [3.05, 3.63) is 84.4 Å². The van der Waals surface area contributed by atoms with Gasteiger partial charge in [0.1, 0.15) is 5.76 Å². The Bertz CT molecular complexity index is 1300. The van der Waals surface area contributed by atoms with Crippen LogP contribution in [0.5, 0.6) is 5.75 Å². The number of rotatable bonds is 6. The van der Waals surface area contributed by atoms with Crippen molar-refractivity contribution in [1.29, 1.82) is 0 Å². The molecule has 3 atom stereocenters. The molecule has 33 heavy (non-hydrogen) atoms. The largest absolute Gasteiger partial charge is 0.502 e. The highest BCUT2D eigenvalue weighted by atomic mass is 32.1. The number of carbonyl (C=O) groups is 1. The van der Waals surface area contributed by atoms with Crippen LogP contribution < -0.4 is 16.7 Å². The Hall–Kier alpha value is -3.17. The van der Waals surface area contributed by atoms with Gasteiger partial charge in [0.25, 0.3) is 5.56 Å². The number of pyridine rings is 1. The smallest absolute Gasteiger partial charge is 0.250 e. The zero-order chi connectivity index (χ0) is 23.1.